The number of carboxylic acid groups (broad SMARTS) is 1. The van der Waals surface area contributed by atoms with Crippen LogP contribution in [0.1, 0.15) is 0 Å². The Balaban J connectivity index is 2.42. The first-order valence-electron chi connectivity index (χ1n) is 5.99. The van der Waals surface area contributed by atoms with Crippen molar-refractivity contribution >= 4 is 28.0 Å². The number of hydrogen-bond donors (Lipinski definition) is 2. The van der Waals surface area contributed by atoms with Gasteiger partial charge in [-0.1, -0.05) is 6.07 Å². The highest BCUT2D eigenvalue weighted by Gasteiger charge is 2.13. The lowest BCUT2D eigenvalue weighted by Crippen LogP contribution is -2.10. The molecule has 0 bridgehead atoms. The first-order valence-corrected chi connectivity index (χ1v) is 5.99. The first kappa shape index (κ1) is 12.9. The van der Waals surface area contributed by atoms with E-state index in [0.29, 0.717) is 27.6 Å². The molecule has 21 heavy (non-hydrogen) atoms. The van der Waals surface area contributed by atoms with Gasteiger partial charge in [-0.15, -0.1) is 0 Å². The SMILES string of the molecule is COc1cc2[nH]c(OC(=O)O)cc(=O)c2c2cccnc12. The monoisotopic (exact) mass is 286 g/mol. The number of ether oxygens (including phenoxy) is 2. The number of H-pyrrole nitrogens is 1. The van der Waals surface area contributed by atoms with Gasteiger partial charge in [0.1, 0.15) is 11.3 Å². The van der Waals surface area contributed by atoms with E-state index in [4.69, 9.17) is 9.84 Å². The van der Waals surface area contributed by atoms with Gasteiger partial charge in [-0.2, -0.15) is 0 Å². The quantitative estimate of drug-likeness (QED) is 0.553. The number of hydrogen-bond acceptors (Lipinski definition) is 5. The predicted molar refractivity (Wildman–Crippen MR) is 75.1 cm³/mol. The number of aromatic nitrogens is 2. The van der Waals surface area contributed by atoms with Crippen molar-refractivity contribution in [1.29, 1.82) is 0 Å². The Labute approximate surface area is 117 Å². The van der Waals surface area contributed by atoms with Crippen LogP contribution in [-0.4, -0.2) is 28.3 Å². The zero-order chi connectivity index (χ0) is 15.0. The van der Waals surface area contributed by atoms with Crippen LogP contribution in [0.15, 0.2) is 35.3 Å². The highest BCUT2D eigenvalue weighted by molar-refractivity contribution is 6.07. The van der Waals surface area contributed by atoms with Crippen LogP contribution >= 0.6 is 0 Å². The zero-order valence-corrected chi connectivity index (χ0v) is 10.9. The summed E-state index contributed by atoms with van der Waals surface area (Å²) in [5.74, 6) is 0.325. The number of pyridine rings is 2. The Kier molecular flexibility index (Phi) is 2.94. The lowest BCUT2D eigenvalue weighted by molar-refractivity contribution is 0.142. The summed E-state index contributed by atoms with van der Waals surface area (Å²) in [5, 5.41) is 9.64. The Morgan fingerprint density at radius 1 is 1.38 bits per heavy atom. The number of carbonyl (C=O) groups is 1. The molecule has 2 heterocycles. The van der Waals surface area contributed by atoms with Crippen molar-refractivity contribution in [3.63, 3.8) is 0 Å². The second-order valence-corrected chi connectivity index (χ2v) is 4.27. The molecule has 2 aromatic heterocycles. The summed E-state index contributed by atoms with van der Waals surface area (Å²) < 4.78 is 9.75. The number of fused-ring (bicyclic) bond motifs is 3. The number of benzene rings is 1. The summed E-state index contributed by atoms with van der Waals surface area (Å²) in [5.41, 5.74) is 0.613. The van der Waals surface area contributed by atoms with Crippen molar-refractivity contribution in [3.05, 3.63) is 40.7 Å². The van der Waals surface area contributed by atoms with E-state index in [0.717, 1.165) is 6.07 Å². The molecule has 7 nitrogen and oxygen atoms in total. The van der Waals surface area contributed by atoms with Crippen LogP contribution in [0.25, 0.3) is 21.8 Å². The number of aromatic amines is 1. The highest BCUT2D eigenvalue weighted by atomic mass is 16.7. The van der Waals surface area contributed by atoms with Gasteiger partial charge >= 0.3 is 6.16 Å². The molecule has 0 amide bonds. The van der Waals surface area contributed by atoms with Crippen molar-refractivity contribution < 1.29 is 19.4 Å². The van der Waals surface area contributed by atoms with Crippen LogP contribution in [0.5, 0.6) is 11.6 Å². The van der Waals surface area contributed by atoms with Gasteiger partial charge in [-0.05, 0) is 6.07 Å². The lowest BCUT2D eigenvalue weighted by atomic mass is 10.1. The van der Waals surface area contributed by atoms with Crippen molar-refractivity contribution in [3.8, 4) is 11.6 Å². The molecule has 3 aromatic rings. The molecular formula is C14H10N2O5. The molecule has 7 heteroatoms. The Morgan fingerprint density at radius 2 is 2.19 bits per heavy atom. The normalized spacial score (nSPS) is 10.7. The predicted octanol–water partition coefficient (Wildman–Crippen LogP) is 2.14. The molecule has 0 radical (unpaired) electrons. The van der Waals surface area contributed by atoms with E-state index in [9.17, 15) is 9.59 Å². The third-order valence-electron chi connectivity index (χ3n) is 3.04. The maximum atomic E-state index is 12.2. The van der Waals surface area contributed by atoms with Crippen LogP contribution in [0.2, 0.25) is 0 Å². The van der Waals surface area contributed by atoms with Crippen molar-refractivity contribution in [2.24, 2.45) is 0 Å². The molecule has 0 atom stereocenters. The van der Waals surface area contributed by atoms with E-state index >= 15 is 0 Å². The minimum atomic E-state index is -1.50. The van der Waals surface area contributed by atoms with E-state index < -0.39 is 6.16 Å². The summed E-state index contributed by atoms with van der Waals surface area (Å²) in [7, 11) is 1.49. The van der Waals surface area contributed by atoms with Crippen molar-refractivity contribution in [2.75, 3.05) is 7.11 Å². The fourth-order valence-corrected chi connectivity index (χ4v) is 2.25. The fourth-order valence-electron chi connectivity index (χ4n) is 2.25. The lowest BCUT2D eigenvalue weighted by Gasteiger charge is -2.09. The maximum absolute atomic E-state index is 12.2. The van der Waals surface area contributed by atoms with Gasteiger partial charge in [-0.25, -0.2) is 4.79 Å². The summed E-state index contributed by atoms with van der Waals surface area (Å²) >= 11 is 0. The Bertz CT molecular complexity index is 916. The van der Waals surface area contributed by atoms with E-state index in [1.165, 1.54) is 7.11 Å². The van der Waals surface area contributed by atoms with Crippen LogP contribution in [0.3, 0.4) is 0 Å². The van der Waals surface area contributed by atoms with Gasteiger partial charge < -0.3 is 19.6 Å². The molecule has 0 aliphatic carbocycles. The molecular weight excluding hydrogens is 276 g/mol. The number of nitrogens with one attached hydrogen (secondary N) is 1. The minimum absolute atomic E-state index is 0.148. The molecule has 0 spiro atoms. The van der Waals surface area contributed by atoms with E-state index in [1.807, 2.05) is 0 Å². The fraction of sp³-hybridized carbons (Fsp3) is 0.0714. The van der Waals surface area contributed by atoms with Crippen molar-refractivity contribution in [1.82, 2.24) is 9.97 Å². The molecule has 2 N–H and O–H groups in total. The Morgan fingerprint density at radius 3 is 2.90 bits per heavy atom. The highest BCUT2D eigenvalue weighted by Crippen LogP contribution is 2.30. The van der Waals surface area contributed by atoms with Gasteiger partial charge in [0, 0.05) is 23.7 Å². The van der Waals surface area contributed by atoms with Crippen LogP contribution in [-0.2, 0) is 0 Å². The molecule has 0 saturated heterocycles. The average Bonchev–Trinajstić information content (AvgIpc) is 2.45. The van der Waals surface area contributed by atoms with Crippen LogP contribution in [0, 0.1) is 0 Å². The molecule has 0 aliphatic heterocycles. The third kappa shape index (κ3) is 2.14. The van der Waals surface area contributed by atoms with Crippen LogP contribution < -0.4 is 14.9 Å². The van der Waals surface area contributed by atoms with Gasteiger partial charge in [0.05, 0.1) is 18.0 Å². The second kappa shape index (κ2) is 4.78. The summed E-state index contributed by atoms with van der Waals surface area (Å²) in [6, 6.07) is 6.14. The smallest absolute Gasteiger partial charge is 0.494 e. The number of nitrogens with zero attached hydrogens (tertiary/aromatic N) is 1. The maximum Gasteiger partial charge on any atom is 0.512 e. The number of rotatable bonds is 2. The van der Waals surface area contributed by atoms with Gasteiger partial charge in [-0.3, -0.25) is 9.78 Å². The standard InChI is InChI=1S/C14H10N2O5/c1-20-10-5-8-12(7-3-2-4-15-13(7)10)9(17)6-11(16-8)21-14(18)19/h2-6H,1H3,(H,16,17)(H,18,19). The zero-order valence-electron chi connectivity index (χ0n) is 10.9. The number of methoxy groups -OCH3 is 1. The van der Waals surface area contributed by atoms with E-state index in [1.54, 1.807) is 24.4 Å². The summed E-state index contributed by atoms with van der Waals surface area (Å²) in [6.07, 6.45) is 0.103. The third-order valence-corrected chi connectivity index (χ3v) is 3.04. The van der Waals surface area contributed by atoms with Crippen molar-refractivity contribution in [2.45, 2.75) is 0 Å². The van der Waals surface area contributed by atoms with Gasteiger partial charge in [0.25, 0.3) is 0 Å². The van der Waals surface area contributed by atoms with Crippen LogP contribution in [0.4, 0.5) is 4.79 Å². The van der Waals surface area contributed by atoms with Gasteiger partial charge in [0.2, 0.25) is 5.88 Å². The average molecular weight is 286 g/mol. The Hall–Kier alpha value is -3.09. The molecule has 0 aliphatic rings. The van der Waals surface area contributed by atoms with E-state index in [2.05, 4.69) is 14.7 Å². The molecule has 106 valence electrons. The minimum Gasteiger partial charge on any atom is -0.494 e. The molecule has 3 rings (SSSR count). The first-order chi connectivity index (χ1) is 10.1. The van der Waals surface area contributed by atoms with E-state index in [-0.39, 0.29) is 11.3 Å². The second-order valence-electron chi connectivity index (χ2n) is 4.27. The molecule has 0 saturated carbocycles. The largest absolute Gasteiger partial charge is 0.512 e. The van der Waals surface area contributed by atoms with Gasteiger partial charge in [0.15, 0.2) is 5.43 Å². The summed E-state index contributed by atoms with van der Waals surface area (Å²) in [4.78, 5) is 29.8. The topological polar surface area (TPSA) is 102 Å². The molecule has 0 unspecified atom stereocenters. The molecule has 1 aromatic carbocycles. The molecule has 0 fully saturated rings. The summed E-state index contributed by atoms with van der Waals surface area (Å²) in [6.45, 7) is 0.